The molecule has 2 unspecified atom stereocenters. The van der Waals surface area contributed by atoms with Crippen molar-refractivity contribution in [2.75, 3.05) is 26.2 Å². The van der Waals surface area contributed by atoms with Crippen LogP contribution in [-0.2, 0) is 0 Å². The highest BCUT2D eigenvalue weighted by molar-refractivity contribution is 5.23. The molecule has 0 aromatic heterocycles. The highest BCUT2D eigenvalue weighted by atomic mass is 19.1. The second-order valence-corrected chi connectivity index (χ2v) is 5.67. The second-order valence-electron chi connectivity index (χ2n) is 5.67. The Balaban J connectivity index is 1.87. The number of nitrogens with two attached hydrogens (primary N) is 1. The predicted octanol–water partition coefficient (Wildman–Crippen LogP) is 2.21. The lowest BCUT2D eigenvalue weighted by Gasteiger charge is -2.47. The zero-order valence-electron chi connectivity index (χ0n) is 10.7. The van der Waals surface area contributed by atoms with Crippen LogP contribution in [0.3, 0.4) is 0 Å². The van der Waals surface area contributed by atoms with Crippen molar-refractivity contribution < 1.29 is 4.39 Å². The Morgan fingerprint density at radius 2 is 2.00 bits per heavy atom. The molecule has 2 N–H and O–H groups in total. The van der Waals surface area contributed by atoms with Crippen LogP contribution in [0.15, 0.2) is 24.3 Å². The maximum Gasteiger partial charge on any atom is 0.126 e. The van der Waals surface area contributed by atoms with Crippen molar-refractivity contribution in [3.05, 3.63) is 35.6 Å². The van der Waals surface area contributed by atoms with Gasteiger partial charge in [-0.25, -0.2) is 4.39 Å². The summed E-state index contributed by atoms with van der Waals surface area (Å²) in [5, 5.41) is 0. The summed E-state index contributed by atoms with van der Waals surface area (Å²) < 4.78 is 14.0. The number of halogens is 1. The van der Waals surface area contributed by atoms with Gasteiger partial charge in [0, 0.05) is 12.5 Å². The number of piperidine rings is 3. The normalized spacial score (nSPS) is 32.4. The van der Waals surface area contributed by atoms with E-state index in [0.29, 0.717) is 12.5 Å². The maximum atomic E-state index is 14.0. The Labute approximate surface area is 108 Å². The fourth-order valence-electron chi connectivity index (χ4n) is 3.77. The van der Waals surface area contributed by atoms with Crippen LogP contribution in [0.2, 0.25) is 0 Å². The van der Waals surface area contributed by atoms with Gasteiger partial charge in [-0.1, -0.05) is 18.2 Å². The SMILES string of the molecule is NCC(c1ccccc1F)C1CN2CCC1CC2. The molecule has 2 atom stereocenters. The molecule has 2 nitrogen and oxygen atoms in total. The van der Waals surface area contributed by atoms with Gasteiger partial charge in [-0.05, 0) is 55.9 Å². The van der Waals surface area contributed by atoms with Crippen LogP contribution in [0.1, 0.15) is 24.3 Å². The van der Waals surface area contributed by atoms with Crippen LogP contribution < -0.4 is 5.73 Å². The molecule has 0 radical (unpaired) electrons. The summed E-state index contributed by atoms with van der Waals surface area (Å²) in [5.74, 6) is 1.36. The molecule has 98 valence electrons. The molecule has 3 aliphatic rings. The third kappa shape index (κ3) is 2.06. The van der Waals surface area contributed by atoms with Crippen LogP contribution in [0, 0.1) is 17.7 Å². The van der Waals surface area contributed by atoms with Crippen LogP contribution in [-0.4, -0.2) is 31.1 Å². The minimum atomic E-state index is -0.0932. The minimum absolute atomic E-state index is 0.0932. The summed E-state index contributed by atoms with van der Waals surface area (Å²) in [6.45, 7) is 4.09. The first kappa shape index (κ1) is 12.1. The number of fused-ring (bicyclic) bond motifs is 3. The average molecular weight is 248 g/mol. The van der Waals surface area contributed by atoms with Crippen molar-refractivity contribution in [2.24, 2.45) is 17.6 Å². The van der Waals surface area contributed by atoms with Gasteiger partial charge in [-0.2, -0.15) is 0 Å². The lowest BCUT2D eigenvalue weighted by atomic mass is 9.70. The third-order valence-corrected chi connectivity index (χ3v) is 4.78. The van der Waals surface area contributed by atoms with Crippen molar-refractivity contribution in [1.82, 2.24) is 4.90 Å². The van der Waals surface area contributed by atoms with E-state index in [0.717, 1.165) is 18.0 Å². The molecule has 0 amide bonds. The van der Waals surface area contributed by atoms with E-state index in [2.05, 4.69) is 4.90 Å². The smallest absolute Gasteiger partial charge is 0.126 e. The second kappa shape index (κ2) is 4.98. The minimum Gasteiger partial charge on any atom is -0.330 e. The van der Waals surface area contributed by atoms with Crippen molar-refractivity contribution in [1.29, 1.82) is 0 Å². The zero-order chi connectivity index (χ0) is 12.5. The van der Waals surface area contributed by atoms with Gasteiger partial charge in [0.1, 0.15) is 5.82 Å². The first-order valence-corrected chi connectivity index (χ1v) is 6.96. The molecular formula is C15H21FN2. The third-order valence-electron chi connectivity index (χ3n) is 4.78. The molecule has 3 heterocycles. The van der Waals surface area contributed by atoms with E-state index in [1.807, 2.05) is 12.1 Å². The Hall–Kier alpha value is -0.930. The molecule has 2 bridgehead atoms. The van der Waals surface area contributed by atoms with E-state index in [9.17, 15) is 4.39 Å². The summed E-state index contributed by atoms with van der Waals surface area (Å²) in [4.78, 5) is 2.51. The zero-order valence-corrected chi connectivity index (χ0v) is 10.7. The van der Waals surface area contributed by atoms with E-state index >= 15 is 0 Å². The first-order valence-electron chi connectivity index (χ1n) is 6.96. The van der Waals surface area contributed by atoms with Gasteiger partial charge in [0.2, 0.25) is 0 Å². The summed E-state index contributed by atoms with van der Waals surface area (Å²) in [5.41, 5.74) is 6.77. The highest BCUT2D eigenvalue weighted by Gasteiger charge is 2.39. The molecule has 3 saturated heterocycles. The van der Waals surface area contributed by atoms with Crippen molar-refractivity contribution in [3.8, 4) is 0 Å². The van der Waals surface area contributed by atoms with Crippen LogP contribution in [0.25, 0.3) is 0 Å². The first-order chi connectivity index (χ1) is 8.79. The maximum absolute atomic E-state index is 14.0. The predicted molar refractivity (Wildman–Crippen MR) is 70.8 cm³/mol. The Morgan fingerprint density at radius 3 is 2.56 bits per heavy atom. The molecule has 1 aromatic carbocycles. The molecule has 18 heavy (non-hydrogen) atoms. The standard InChI is InChI=1S/C15H21FN2/c16-15-4-2-1-3-12(15)13(9-17)14-10-18-7-5-11(14)6-8-18/h1-4,11,13-14H,5-10,17H2. The van der Waals surface area contributed by atoms with Gasteiger partial charge in [0.25, 0.3) is 0 Å². The topological polar surface area (TPSA) is 29.3 Å². The van der Waals surface area contributed by atoms with Gasteiger partial charge >= 0.3 is 0 Å². The number of hydrogen-bond donors (Lipinski definition) is 1. The summed E-state index contributed by atoms with van der Waals surface area (Å²) >= 11 is 0. The van der Waals surface area contributed by atoms with E-state index < -0.39 is 0 Å². The Bertz CT molecular complexity index is 413. The monoisotopic (exact) mass is 248 g/mol. The average Bonchev–Trinajstić information content (AvgIpc) is 2.43. The lowest BCUT2D eigenvalue weighted by Crippen LogP contribution is -2.50. The quantitative estimate of drug-likeness (QED) is 0.888. The number of benzene rings is 1. The van der Waals surface area contributed by atoms with Crippen LogP contribution >= 0.6 is 0 Å². The fraction of sp³-hybridized carbons (Fsp3) is 0.600. The van der Waals surface area contributed by atoms with Crippen molar-refractivity contribution >= 4 is 0 Å². The van der Waals surface area contributed by atoms with Crippen molar-refractivity contribution in [2.45, 2.75) is 18.8 Å². The number of hydrogen-bond acceptors (Lipinski definition) is 2. The van der Waals surface area contributed by atoms with E-state index in [4.69, 9.17) is 5.73 Å². The van der Waals surface area contributed by atoms with Gasteiger partial charge in [0.15, 0.2) is 0 Å². The van der Waals surface area contributed by atoms with Crippen molar-refractivity contribution in [3.63, 3.8) is 0 Å². The van der Waals surface area contributed by atoms with E-state index in [1.165, 1.54) is 25.9 Å². The molecule has 0 aliphatic carbocycles. The van der Waals surface area contributed by atoms with Gasteiger partial charge < -0.3 is 10.6 Å². The fourth-order valence-corrected chi connectivity index (χ4v) is 3.77. The Kier molecular flexibility index (Phi) is 3.35. The summed E-state index contributed by atoms with van der Waals surface area (Å²) in [6, 6.07) is 7.13. The van der Waals surface area contributed by atoms with E-state index in [1.54, 1.807) is 12.1 Å². The largest absolute Gasteiger partial charge is 0.330 e. The van der Waals surface area contributed by atoms with Gasteiger partial charge in [0.05, 0.1) is 0 Å². The number of nitrogens with zero attached hydrogens (tertiary/aromatic N) is 1. The number of rotatable bonds is 3. The molecule has 0 spiro atoms. The summed E-state index contributed by atoms with van der Waals surface area (Å²) in [7, 11) is 0. The molecule has 3 fully saturated rings. The summed E-state index contributed by atoms with van der Waals surface area (Å²) in [6.07, 6.45) is 2.52. The van der Waals surface area contributed by atoms with Crippen LogP contribution in [0.4, 0.5) is 4.39 Å². The van der Waals surface area contributed by atoms with Crippen LogP contribution in [0.5, 0.6) is 0 Å². The van der Waals surface area contributed by atoms with Gasteiger partial charge in [-0.3, -0.25) is 0 Å². The molecular weight excluding hydrogens is 227 g/mol. The highest BCUT2D eigenvalue weighted by Crippen LogP contribution is 2.40. The molecule has 0 saturated carbocycles. The molecule has 1 aromatic rings. The molecule has 3 aliphatic heterocycles. The van der Waals surface area contributed by atoms with E-state index in [-0.39, 0.29) is 11.7 Å². The molecule has 4 rings (SSSR count). The van der Waals surface area contributed by atoms with Gasteiger partial charge in [-0.15, -0.1) is 0 Å². The Morgan fingerprint density at radius 1 is 1.28 bits per heavy atom. The lowest BCUT2D eigenvalue weighted by molar-refractivity contribution is 0.0373. The molecule has 3 heteroatoms.